The summed E-state index contributed by atoms with van der Waals surface area (Å²) in [7, 11) is 0. The maximum absolute atomic E-state index is 12.4. The van der Waals surface area contributed by atoms with Crippen LogP contribution < -0.4 is 10.6 Å². The van der Waals surface area contributed by atoms with Crippen LogP contribution in [0, 0.1) is 5.41 Å². The van der Waals surface area contributed by atoms with Gasteiger partial charge in [0.05, 0.1) is 28.4 Å². The summed E-state index contributed by atoms with van der Waals surface area (Å²) >= 11 is 5.00. The first-order valence-corrected chi connectivity index (χ1v) is 16.8. The summed E-state index contributed by atoms with van der Waals surface area (Å²) in [6, 6.07) is 6.20. The second-order valence-electron chi connectivity index (χ2n) is 12.2. The maximum Gasteiger partial charge on any atom is 0.410 e. The number of aliphatic hydroxyl groups excluding tert-OH is 1. The topological polar surface area (TPSA) is 116 Å². The molecule has 0 radical (unpaired) electrons. The molecule has 2 saturated heterocycles. The largest absolute Gasteiger partial charge is 0.444 e. The first-order valence-electron chi connectivity index (χ1n) is 14.0. The van der Waals surface area contributed by atoms with Gasteiger partial charge in [-0.3, -0.25) is 0 Å². The van der Waals surface area contributed by atoms with E-state index in [1.54, 1.807) is 47.4 Å². The predicted octanol–water partition coefficient (Wildman–Crippen LogP) is 5.17. The van der Waals surface area contributed by atoms with Crippen LogP contribution >= 0.6 is 35.0 Å². The van der Waals surface area contributed by atoms with Gasteiger partial charge in [0.25, 0.3) is 0 Å². The van der Waals surface area contributed by atoms with E-state index in [0.717, 1.165) is 65.7 Å². The van der Waals surface area contributed by atoms with Crippen LogP contribution in [0.2, 0.25) is 0 Å². The number of ether oxygens (including phenoxy) is 1. The maximum atomic E-state index is 12.4. The Morgan fingerprint density at radius 1 is 1.12 bits per heavy atom. The van der Waals surface area contributed by atoms with Crippen LogP contribution in [-0.2, 0) is 4.74 Å². The van der Waals surface area contributed by atoms with Crippen molar-refractivity contribution in [3.8, 4) is 0 Å². The minimum atomic E-state index is -0.572. The van der Waals surface area contributed by atoms with E-state index in [4.69, 9.17) is 9.72 Å². The molecule has 0 unspecified atom stereocenters. The zero-order valence-electron chi connectivity index (χ0n) is 23.8. The van der Waals surface area contributed by atoms with E-state index in [9.17, 15) is 9.90 Å². The number of rotatable bonds is 7. The van der Waals surface area contributed by atoms with Crippen molar-refractivity contribution >= 4 is 62.4 Å². The lowest BCUT2D eigenvalue weighted by Gasteiger charge is -2.47. The average molecular weight is 616 g/mol. The first kappa shape index (κ1) is 28.8. The molecule has 10 nitrogen and oxygen atoms in total. The number of nitrogens with zero attached hydrogens (tertiary/aromatic N) is 5. The fourth-order valence-electron chi connectivity index (χ4n) is 5.74. The van der Waals surface area contributed by atoms with Crippen LogP contribution in [-0.4, -0.2) is 91.6 Å². The van der Waals surface area contributed by atoms with E-state index < -0.39 is 11.7 Å². The summed E-state index contributed by atoms with van der Waals surface area (Å²) < 4.78 is 9.06. The Bertz CT molecular complexity index is 1390. The summed E-state index contributed by atoms with van der Waals surface area (Å²) in [5, 5.41) is 18.6. The molecule has 220 valence electrons. The number of carbonyl (C=O) groups excluding carboxylic acids is 1. The lowest BCUT2D eigenvalue weighted by molar-refractivity contribution is -0.0285. The van der Waals surface area contributed by atoms with Gasteiger partial charge in [-0.1, -0.05) is 11.3 Å². The van der Waals surface area contributed by atoms with Crippen LogP contribution in [0.1, 0.15) is 40.0 Å². The van der Waals surface area contributed by atoms with Gasteiger partial charge in [-0.05, 0) is 76.4 Å². The number of thioether (sulfide) groups is 1. The number of hydrogen-bond acceptors (Lipinski definition) is 12. The molecule has 13 heteroatoms. The van der Waals surface area contributed by atoms with Crippen LogP contribution in [0.4, 0.5) is 15.9 Å². The normalized spacial score (nSPS) is 24.1. The Labute approximate surface area is 253 Å². The third-order valence-corrected chi connectivity index (χ3v) is 10.5. The number of aromatic nitrogens is 3. The summed E-state index contributed by atoms with van der Waals surface area (Å²) in [4.78, 5) is 29.9. The number of anilines is 2. The van der Waals surface area contributed by atoms with Gasteiger partial charge in [-0.25, -0.2) is 24.1 Å². The van der Waals surface area contributed by atoms with Gasteiger partial charge in [0, 0.05) is 53.8 Å². The SMILES string of the molecule is CSc1cnc(N[C@H]2CC[C@H](Nc3nc4ccc(SN5CCC6(C5)CN(C(=O)OC(C)(C)C)C6)cc4s3)[C@@H]2O)nc1. The zero-order chi connectivity index (χ0) is 28.8. The molecule has 1 spiro atoms. The smallest absolute Gasteiger partial charge is 0.410 e. The molecule has 4 heterocycles. The molecule has 3 fully saturated rings. The highest BCUT2D eigenvalue weighted by molar-refractivity contribution is 7.98. The Kier molecular flexibility index (Phi) is 8.00. The van der Waals surface area contributed by atoms with Crippen molar-refractivity contribution in [3.63, 3.8) is 0 Å². The fourth-order valence-corrected chi connectivity index (χ4v) is 8.21. The predicted molar refractivity (Wildman–Crippen MR) is 166 cm³/mol. The molecular weight excluding hydrogens is 579 g/mol. The standard InChI is InChI=1S/C28H37N7O3S3/c1-27(2,3)38-26(37)34-14-28(15-34)9-10-35(16-28)41-17-5-6-19-22(11-17)40-25(32-19)33-21-8-7-20(23(21)36)31-24-29-12-18(39-4)13-30-24/h5-6,11-13,20-21,23,36H,7-10,14-16H2,1-4H3,(H,32,33)(H,29,30,31)/t20-,21-,23+/m0/s1. The third kappa shape index (κ3) is 6.53. The highest BCUT2D eigenvalue weighted by atomic mass is 32.2. The molecular formula is C28H37N7O3S3. The lowest BCUT2D eigenvalue weighted by atomic mass is 9.79. The van der Waals surface area contributed by atoms with Crippen molar-refractivity contribution in [2.75, 3.05) is 43.1 Å². The van der Waals surface area contributed by atoms with Crippen molar-refractivity contribution in [1.82, 2.24) is 24.2 Å². The highest BCUT2D eigenvalue weighted by Crippen LogP contribution is 2.44. The Morgan fingerprint density at radius 3 is 2.56 bits per heavy atom. The van der Waals surface area contributed by atoms with Crippen molar-refractivity contribution in [1.29, 1.82) is 0 Å². The minimum Gasteiger partial charge on any atom is -0.444 e. The Balaban J connectivity index is 1.01. The second-order valence-corrected chi connectivity index (χ2v) is 15.3. The summed E-state index contributed by atoms with van der Waals surface area (Å²) in [6.07, 6.45) is 7.54. The van der Waals surface area contributed by atoms with Crippen molar-refractivity contribution in [2.24, 2.45) is 5.41 Å². The van der Waals surface area contributed by atoms with Crippen LogP contribution in [0.15, 0.2) is 40.4 Å². The van der Waals surface area contributed by atoms with Gasteiger partial charge in [-0.2, -0.15) is 0 Å². The van der Waals surface area contributed by atoms with E-state index in [1.165, 1.54) is 4.90 Å². The van der Waals surface area contributed by atoms with Gasteiger partial charge in [0.2, 0.25) is 5.95 Å². The molecule has 0 bridgehead atoms. The van der Waals surface area contributed by atoms with Crippen molar-refractivity contribution < 1.29 is 14.6 Å². The van der Waals surface area contributed by atoms with E-state index in [-0.39, 0.29) is 23.6 Å². The third-order valence-electron chi connectivity index (χ3n) is 7.80. The summed E-state index contributed by atoms with van der Waals surface area (Å²) in [6.45, 7) is 9.21. The fraction of sp³-hybridized carbons (Fsp3) is 0.571. The molecule has 3 aromatic rings. The van der Waals surface area contributed by atoms with E-state index in [0.29, 0.717) is 5.95 Å². The molecule has 3 N–H and O–H groups in total. The summed E-state index contributed by atoms with van der Waals surface area (Å²) in [5.41, 5.74) is 0.666. The number of hydrogen-bond donors (Lipinski definition) is 3. The summed E-state index contributed by atoms with van der Waals surface area (Å²) in [5.74, 6) is 0.541. The Hall–Kier alpha value is -2.32. The molecule has 1 aromatic carbocycles. The molecule has 3 atom stereocenters. The highest BCUT2D eigenvalue weighted by Gasteiger charge is 2.50. The Morgan fingerprint density at radius 2 is 1.85 bits per heavy atom. The molecule has 6 rings (SSSR count). The van der Waals surface area contributed by atoms with Gasteiger partial charge in [0.15, 0.2) is 5.13 Å². The number of thiazole rings is 1. The average Bonchev–Trinajstić information content (AvgIpc) is 3.60. The monoisotopic (exact) mass is 615 g/mol. The van der Waals surface area contributed by atoms with E-state index >= 15 is 0 Å². The second kappa shape index (κ2) is 11.4. The number of nitrogens with one attached hydrogen (secondary N) is 2. The molecule has 41 heavy (non-hydrogen) atoms. The molecule has 1 aliphatic carbocycles. The van der Waals surface area contributed by atoms with Crippen molar-refractivity contribution in [2.45, 2.75) is 73.6 Å². The number of likely N-dealkylation sites (tertiary alicyclic amines) is 1. The molecule has 2 aliphatic heterocycles. The minimum absolute atomic E-state index is 0.0871. The lowest BCUT2D eigenvalue weighted by Crippen LogP contribution is -2.60. The number of fused-ring (bicyclic) bond motifs is 1. The molecule has 1 saturated carbocycles. The molecule has 3 aliphatic rings. The molecule has 1 amide bonds. The quantitative estimate of drug-likeness (QED) is 0.241. The van der Waals surface area contributed by atoms with Gasteiger partial charge in [-0.15, -0.1) is 11.8 Å². The first-order chi connectivity index (χ1) is 19.6. The number of carbonyl (C=O) groups is 1. The number of benzene rings is 1. The van der Waals surface area contributed by atoms with Crippen molar-refractivity contribution in [3.05, 3.63) is 30.6 Å². The zero-order valence-corrected chi connectivity index (χ0v) is 26.2. The molecule has 2 aromatic heterocycles. The van der Waals surface area contributed by atoms with E-state index in [2.05, 4.69) is 43.1 Å². The van der Waals surface area contributed by atoms with Gasteiger partial charge >= 0.3 is 6.09 Å². The van der Waals surface area contributed by atoms with Gasteiger partial charge in [0.1, 0.15) is 5.60 Å². The number of aliphatic hydroxyl groups is 1. The van der Waals surface area contributed by atoms with E-state index in [1.807, 2.05) is 31.9 Å². The van der Waals surface area contributed by atoms with Gasteiger partial charge < -0.3 is 25.4 Å². The van der Waals surface area contributed by atoms with Crippen LogP contribution in [0.5, 0.6) is 0 Å². The number of amides is 1. The van der Waals surface area contributed by atoms with Crippen LogP contribution in [0.25, 0.3) is 10.2 Å². The van der Waals surface area contributed by atoms with Crippen LogP contribution in [0.3, 0.4) is 0 Å².